The molecule has 1 aromatic heterocycles. The monoisotopic (exact) mass is 416 g/mol. The predicted octanol–water partition coefficient (Wildman–Crippen LogP) is 6.43. The van der Waals surface area contributed by atoms with Crippen molar-refractivity contribution in [1.82, 2.24) is 10.3 Å². The van der Waals surface area contributed by atoms with Crippen molar-refractivity contribution >= 4 is 34.5 Å². The fraction of sp³-hybridized carbons (Fsp3) is 0.167. The number of rotatable bonds is 5. The normalized spacial score (nSPS) is 11.7. The van der Waals surface area contributed by atoms with Gasteiger partial charge >= 0.3 is 6.18 Å². The molecule has 3 aromatic rings. The van der Waals surface area contributed by atoms with E-state index in [2.05, 4.69) is 10.3 Å². The molecule has 0 bridgehead atoms. The fourth-order valence-electron chi connectivity index (χ4n) is 2.41. The summed E-state index contributed by atoms with van der Waals surface area (Å²) in [6, 6.07) is 10.5. The van der Waals surface area contributed by atoms with E-state index >= 15 is 0 Å². The summed E-state index contributed by atoms with van der Waals surface area (Å²) in [5.74, 6) is 0. The first-order chi connectivity index (χ1) is 12.3. The van der Waals surface area contributed by atoms with Gasteiger partial charge in [0.2, 0.25) is 0 Å². The zero-order chi connectivity index (χ0) is 18.7. The van der Waals surface area contributed by atoms with Crippen molar-refractivity contribution in [3.05, 3.63) is 74.8 Å². The largest absolute Gasteiger partial charge is 0.416 e. The van der Waals surface area contributed by atoms with Crippen molar-refractivity contribution in [2.24, 2.45) is 0 Å². The average molecular weight is 417 g/mol. The molecule has 0 aliphatic carbocycles. The molecule has 0 atom stereocenters. The Morgan fingerprint density at radius 3 is 2.38 bits per heavy atom. The minimum absolute atomic E-state index is 0.311. The van der Waals surface area contributed by atoms with Gasteiger partial charge in [-0.2, -0.15) is 13.2 Å². The molecule has 26 heavy (non-hydrogen) atoms. The minimum atomic E-state index is -4.34. The van der Waals surface area contributed by atoms with Crippen molar-refractivity contribution < 1.29 is 13.2 Å². The molecule has 0 saturated carbocycles. The van der Waals surface area contributed by atoms with Gasteiger partial charge in [0.15, 0.2) is 0 Å². The van der Waals surface area contributed by atoms with E-state index in [4.69, 9.17) is 23.2 Å². The van der Waals surface area contributed by atoms with Gasteiger partial charge in [-0.3, -0.25) is 0 Å². The molecule has 3 rings (SSSR count). The Hall–Kier alpha value is -1.60. The number of hydrogen-bond acceptors (Lipinski definition) is 3. The van der Waals surface area contributed by atoms with Crippen molar-refractivity contribution in [2.75, 3.05) is 0 Å². The van der Waals surface area contributed by atoms with Crippen LogP contribution in [0, 0.1) is 0 Å². The average Bonchev–Trinajstić information content (AvgIpc) is 3.03. The van der Waals surface area contributed by atoms with E-state index in [1.165, 1.54) is 17.4 Å². The van der Waals surface area contributed by atoms with Crippen LogP contribution in [0.15, 0.2) is 48.7 Å². The van der Waals surface area contributed by atoms with Crippen LogP contribution in [-0.4, -0.2) is 4.98 Å². The third-order valence-corrected chi connectivity index (χ3v) is 5.27. The fourth-order valence-corrected chi connectivity index (χ4v) is 4.09. The molecule has 2 aromatic carbocycles. The number of nitrogens with zero attached hydrogens (tertiary/aromatic N) is 1. The zero-order valence-corrected chi connectivity index (χ0v) is 15.6. The summed E-state index contributed by atoms with van der Waals surface area (Å²) in [7, 11) is 0. The highest BCUT2D eigenvalue weighted by Gasteiger charge is 2.30. The minimum Gasteiger partial charge on any atom is -0.306 e. The molecule has 0 aliphatic heterocycles. The van der Waals surface area contributed by atoms with Crippen molar-refractivity contribution in [3.63, 3.8) is 0 Å². The summed E-state index contributed by atoms with van der Waals surface area (Å²) in [6.07, 6.45) is -2.65. The molecule has 0 saturated heterocycles. The second kappa shape index (κ2) is 7.96. The standard InChI is InChI=1S/C18H13Cl2F3N2S/c19-13-5-2-6-14(20)17(13)15-9-25-16(26-15)10-24-8-11-3-1-4-12(7-11)18(21,22)23/h1-7,9,24H,8,10H2. The lowest BCUT2D eigenvalue weighted by molar-refractivity contribution is -0.137. The van der Waals surface area contributed by atoms with E-state index in [9.17, 15) is 13.2 Å². The Balaban J connectivity index is 1.64. The predicted molar refractivity (Wildman–Crippen MR) is 99.6 cm³/mol. The molecule has 0 unspecified atom stereocenters. The summed E-state index contributed by atoms with van der Waals surface area (Å²) < 4.78 is 38.2. The first-order valence-electron chi connectivity index (χ1n) is 7.60. The second-order valence-electron chi connectivity index (χ2n) is 5.52. The highest BCUT2D eigenvalue weighted by molar-refractivity contribution is 7.15. The van der Waals surface area contributed by atoms with Crippen LogP contribution in [0.25, 0.3) is 10.4 Å². The summed E-state index contributed by atoms with van der Waals surface area (Å²) in [5, 5.41) is 4.99. The number of aromatic nitrogens is 1. The van der Waals surface area contributed by atoms with Gasteiger partial charge in [0.05, 0.1) is 20.5 Å². The van der Waals surface area contributed by atoms with Crippen LogP contribution in [0.3, 0.4) is 0 Å². The Bertz CT molecular complexity index is 889. The van der Waals surface area contributed by atoms with E-state index < -0.39 is 11.7 Å². The van der Waals surface area contributed by atoms with Crippen molar-refractivity contribution in [1.29, 1.82) is 0 Å². The van der Waals surface area contributed by atoms with Crippen LogP contribution >= 0.6 is 34.5 Å². The van der Waals surface area contributed by atoms with E-state index in [0.717, 1.165) is 27.6 Å². The van der Waals surface area contributed by atoms with Crippen LogP contribution in [0.1, 0.15) is 16.1 Å². The van der Waals surface area contributed by atoms with Gasteiger partial charge in [0, 0.05) is 24.8 Å². The summed E-state index contributed by atoms with van der Waals surface area (Å²) >= 11 is 13.8. The third-order valence-electron chi connectivity index (χ3n) is 3.62. The van der Waals surface area contributed by atoms with Crippen LogP contribution in [0.2, 0.25) is 10.0 Å². The maximum Gasteiger partial charge on any atom is 0.416 e. The molecule has 136 valence electrons. The molecule has 1 heterocycles. The number of alkyl halides is 3. The topological polar surface area (TPSA) is 24.9 Å². The molecule has 8 heteroatoms. The maximum absolute atomic E-state index is 12.7. The molecular weight excluding hydrogens is 404 g/mol. The highest BCUT2D eigenvalue weighted by atomic mass is 35.5. The first-order valence-corrected chi connectivity index (χ1v) is 9.18. The van der Waals surface area contributed by atoms with Crippen molar-refractivity contribution in [3.8, 4) is 10.4 Å². The third kappa shape index (κ3) is 4.57. The van der Waals surface area contributed by atoms with Gasteiger partial charge in [-0.05, 0) is 23.8 Å². The van der Waals surface area contributed by atoms with Gasteiger partial charge in [-0.15, -0.1) is 11.3 Å². The SMILES string of the molecule is FC(F)(F)c1cccc(CNCc2ncc(-c3c(Cl)cccc3Cl)s2)c1. The smallest absolute Gasteiger partial charge is 0.306 e. The van der Waals surface area contributed by atoms with Gasteiger partial charge in [0.1, 0.15) is 5.01 Å². The maximum atomic E-state index is 12.7. The quantitative estimate of drug-likeness (QED) is 0.518. The molecular formula is C18H13Cl2F3N2S. The van der Waals surface area contributed by atoms with E-state index in [1.807, 2.05) is 0 Å². The highest BCUT2D eigenvalue weighted by Crippen LogP contribution is 2.37. The van der Waals surface area contributed by atoms with E-state index in [0.29, 0.717) is 28.7 Å². The van der Waals surface area contributed by atoms with Crippen LogP contribution < -0.4 is 5.32 Å². The molecule has 2 nitrogen and oxygen atoms in total. The Morgan fingerprint density at radius 2 is 1.69 bits per heavy atom. The molecule has 0 spiro atoms. The molecule has 0 aliphatic rings. The zero-order valence-electron chi connectivity index (χ0n) is 13.3. The second-order valence-corrected chi connectivity index (χ2v) is 7.45. The Kier molecular flexibility index (Phi) is 5.87. The summed E-state index contributed by atoms with van der Waals surface area (Å²) in [4.78, 5) is 5.17. The van der Waals surface area contributed by atoms with Crippen LogP contribution in [-0.2, 0) is 19.3 Å². The number of thiazole rings is 1. The molecule has 0 fully saturated rings. The van der Waals surface area contributed by atoms with Gasteiger partial charge in [-0.25, -0.2) is 4.98 Å². The Morgan fingerprint density at radius 1 is 1.00 bits per heavy atom. The lowest BCUT2D eigenvalue weighted by atomic mass is 10.1. The van der Waals surface area contributed by atoms with Gasteiger partial charge in [-0.1, -0.05) is 47.5 Å². The van der Waals surface area contributed by atoms with Gasteiger partial charge in [0.25, 0.3) is 0 Å². The Labute approximate surface area is 162 Å². The number of hydrogen-bond donors (Lipinski definition) is 1. The summed E-state index contributed by atoms with van der Waals surface area (Å²) in [6.45, 7) is 0.745. The van der Waals surface area contributed by atoms with Crippen LogP contribution in [0.4, 0.5) is 13.2 Å². The molecule has 0 radical (unpaired) electrons. The van der Waals surface area contributed by atoms with E-state index in [-0.39, 0.29) is 0 Å². The number of nitrogens with one attached hydrogen (secondary N) is 1. The first kappa shape index (κ1) is 19.2. The van der Waals surface area contributed by atoms with Crippen LogP contribution in [0.5, 0.6) is 0 Å². The lowest BCUT2D eigenvalue weighted by Gasteiger charge is -2.09. The number of halogens is 5. The summed E-state index contributed by atoms with van der Waals surface area (Å²) in [5.41, 5.74) is 0.643. The van der Waals surface area contributed by atoms with Gasteiger partial charge < -0.3 is 5.32 Å². The molecule has 1 N–H and O–H groups in total. The number of benzene rings is 2. The lowest BCUT2D eigenvalue weighted by Crippen LogP contribution is -2.13. The molecule has 0 amide bonds. The van der Waals surface area contributed by atoms with Crippen molar-refractivity contribution in [2.45, 2.75) is 19.3 Å². The van der Waals surface area contributed by atoms with E-state index in [1.54, 1.807) is 30.5 Å².